The molecule has 0 radical (unpaired) electrons. The molecular formula is C18H14ClN3. The van der Waals surface area contributed by atoms with Crippen LogP contribution in [0, 0.1) is 25.2 Å². The molecule has 0 aliphatic rings. The monoisotopic (exact) mass is 307 g/mol. The fraction of sp³-hybridized carbons (Fsp3) is 0.111. The fourth-order valence-electron chi connectivity index (χ4n) is 2.35. The van der Waals surface area contributed by atoms with E-state index in [0.29, 0.717) is 10.6 Å². The summed E-state index contributed by atoms with van der Waals surface area (Å²) in [6.07, 6.45) is 1.58. The molecule has 0 spiro atoms. The van der Waals surface area contributed by atoms with Gasteiger partial charge in [0.15, 0.2) is 0 Å². The van der Waals surface area contributed by atoms with E-state index in [1.165, 1.54) is 11.1 Å². The highest BCUT2D eigenvalue weighted by molar-refractivity contribution is 6.31. The van der Waals surface area contributed by atoms with Crippen LogP contribution < -0.4 is 5.32 Å². The first-order valence-electron chi connectivity index (χ1n) is 6.91. The van der Waals surface area contributed by atoms with Crippen LogP contribution in [0.4, 0.5) is 11.4 Å². The summed E-state index contributed by atoms with van der Waals surface area (Å²) in [7, 11) is 0. The Kier molecular flexibility index (Phi) is 3.70. The largest absolute Gasteiger partial charge is 0.354 e. The lowest BCUT2D eigenvalue weighted by atomic mass is 10.1. The SMILES string of the molecule is Cc1ccc(Nc2c(C#N)cnc3ccc(Cl)cc23)cc1C. The van der Waals surface area contributed by atoms with Gasteiger partial charge >= 0.3 is 0 Å². The Bertz CT molecular complexity index is 910. The molecule has 1 N–H and O–H groups in total. The molecule has 0 aliphatic heterocycles. The number of hydrogen-bond acceptors (Lipinski definition) is 3. The molecule has 3 rings (SSSR count). The highest BCUT2D eigenvalue weighted by atomic mass is 35.5. The van der Waals surface area contributed by atoms with Crippen molar-refractivity contribution in [1.29, 1.82) is 5.26 Å². The Morgan fingerprint density at radius 3 is 2.64 bits per heavy atom. The Balaban J connectivity index is 2.17. The van der Waals surface area contributed by atoms with Crippen LogP contribution in [0.15, 0.2) is 42.6 Å². The van der Waals surface area contributed by atoms with Crippen LogP contribution in [0.3, 0.4) is 0 Å². The van der Waals surface area contributed by atoms with Gasteiger partial charge in [0.25, 0.3) is 0 Å². The van der Waals surface area contributed by atoms with Crippen molar-refractivity contribution in [2.45, 2.75) is 13.8 Å². The zero-order valence-electron chi connectivity index (χ0n) is 12.3. The number of rotatable bonds is 2. The zero-order chi connectivity index (χ0) is 15.7. The van der Waals surface area contributed by atoms with Crippen molar-refractivity contribution < 1.29 is 0 Å². The summed E-state index contributed by atoms with van der Waals surface area (Å²) in [6, 6.07) is 13.8. The lowest BCUT2D eigenvalue weighted by Gasteiger charge is -2.13. The van der Waals surface area contributed by atoms with Crippen LogP contribution in [-0.4, -0.2) is 4.98 Å². The predicted octanol–water partition coefficient (Wildman–Crippen LogP) is 5.12. The molecule has 0 bridgehead atoms. The standard InChI is InChI=1S/C18H14ClN3/c1-11-3-5-15(7-12(11)2)22-18-13(9-20)10-21-17-6-4-14(19)8-16(17)18/h3-8,10H,1-2H3,(H,21,22). The van der Waals surface area contributed by atoms with Gasteiger partial charge in [-0.15, -0.1) is 0 Å². The Morgan fingerprint density at radius 2 is 1.91 bits per heavy atom. The first-order chi connectivity index (χ1) is 10.6. The van der Waals surface area contributed by atoms with Crippen LogP contribution >= 0.6 is 11.6 Å². The van der Waals surface area contributed by atoms with E-state index >= 15 is 0 Å². The molecule has 0 atom stereocenters. The van der Waals surface area contributed by atoms with Gasteiger partial charge in [-0.3, -0.25) is 4.98 Å². The van der Waals surface area contributed by atoms with Crippen LogP contribution in [0.5, 0.6) is 0 Å². The van der Waals surface area contributed by atoms with E-state index in [9.17, 15) is 5.26 Å². The summed E-state index contributed by atoms with van der Waals surface area (Å²) in [6.45, 7) is 4.13. The lowest BCUT2D eigenvalue weighted by molar-refractivity contribution is 1.33. The van der Waals surface area contributed by atoms with Crippen LogP contribution in [0.1, 0.15) is 16.7 Å². The van der Waals surface area contributed by atoms with Gasteiger partial charge < -0.3 is 5.32 Å². The molecule has 4 heteroatoms. The molecular weight excluding hydrogens is 294 g/mol. The summed E-state index contributed by atoms with van der Waals surface area (Å²) in [5, 5.41) is 14.2. The molecule has 1 aromatic heterocycles. The maximum Gasteiger partial charge on any atom is 0.103 e. The number of nitrogens with one attached hydrogen (secondary N) is 1. The van der Waals surface area contributed by atoms with Gasteiger partial charge in [-0.2, -0.15) is 5.26 Å². The number of nitrogens with zero attached hydrogens (tertiary/aromatic N) is 2. The van der Waals surface area contributed by atoms with E-state index in [1.807, 2.05) is 18.2 Å². The topological polar surface area (TPSA) is 48.7 Å². The molecule has 0 aliphatic carbocycles. The van der Waals surface area contributed by atoms with E-state index in [4.69, 9.17) is 11.6 Å². The number of aryl methyl sites for hydroxylation is 2. The molecule has 0 saturated heterocycles. The number of nitriles is 1. The third-order valence-corrected chi connectivity index (χ3v) is 3.96. The van der Waals surface area contributed by atoms with Gasteiger partial charge in [-0.1, -0.05) is 17.7 Å². The van der Waals surface area contributed by atoms with Crippen LogP contribution in [-0.2, 0) is 0 Å². The second-order valence-electron chi connectivity index (χ2n) is 5.24. The first-order valence-corrected chi connectivity index (χ1v) is 7.29. The lowest BCUT2D eigenvalue weighted by Crippen LogP contribution is -1.97. The fourth-order valence-corrected chi connectivity index (χ4v) is 2.52. The molecule has 0 saturated carbocycles. The summed E-state index contributed by atoms with van der Waals surface area (Å²) >= 11 is 6.10. The average molecular weight is 308 g/mol. The molecule has 0 amide bonds. The van der Waals surface area contributed by atoms with Crippen molar-refractivity contribution in [3.8, 4) is 6.07 Å². The number of anilines is 2. The van der Waals surface area contributed by atoms with Crippen molar-refractivity contribution in [2.24, 2.45) is 0 Å². The highest BCUT2D eigenvalue weighted by Gasteiger charge is 2.10. The molecule has 0 unspecified atom stereocenters. The van der Waals surface area contributed by atoms with Crippen molar-refractivity contribution in [3.63, 3.8) is 0 Å². The van der Waals surface area contributed by atoms with Gasteiger partial charge in [-0.05, 0) is 55.3 Å². The second kappa shape index (κ2) is 5.67. The molecule has 1 heterocycles. The van der Waals surface area contributed by atoms with Crippen LogP contribution in [0.2, 0.25) is 5.02 Å². The molecule has 3 aromatic rings. The molecule has 22 heavy (non-hydrogen) atoms. The van der Waals surface area contributed by atoms with Crippen molar-refractivity contribution in [2.75, 3.05) is 5.32 Å². The highest BCUT2D eigenvalue weighted by Crippen LogP contribution is 2.31. The quantitative estimate of drug-likeness (QED) is 0.714. The second-order valence-corrected chi connectivity index (χ2v) is 5.68. The average Bonchev–Trinajstić information content (AvgIpc) is 2.51. The van der Waals surface area contributed by atoms with E-state index in [0.717, 1.165) is 22.3 Å². The molecule has 2 aromatic carbocycles. The summed E-state index contributed by atoms with van der Waals surface area (Å²) < 4.78 is 0. The van der Waals surface area contributed by atoms with Gasteiger partial charge in [0.2, 0.25) is 0 Å². The van der Waals surface area contributed by atoms with Gasteiger partial charge in [0.1, 0.15) is 6.07 Å². The number of fused-ring (bicyclic) bond motifs is 1. The minimum absolute atomic E-state index is 0.494. The third-order valence-electron chi connectivity index (χ3n) is 3.73. The van der Waals surface area contributed by atoms with Gasteiger partial charge in [0.05, 0.1) is 16.8 Å². The summed E-state index contributed by atoms with van der Waals surface area (Å²) in [5.41, 5.74) is 5.39. The van der Waals surface area contributed by atoms with E-state index in [-0.39, 0.29) is 0 Å². The Labute approximate surface area is 134 Å². The van der Waals surface area contributed by atoms with Crippen molar-refractivity contribution in [1.82, 2.24) is 4.98 Å². The number of hydrogen-bond donors (Lipinski definition) is 1. The summed E-state index contributed by atoms with van der Waals surface area (Å²) in [4.78, 5) is 4.31. The maximum absolute atomic E-state index is 9.36. The minimum atomic E-state index is 0.494. The molecule has 3 nitrogen and oxygen atoms in total. The number of pyridine rings is 1. The third kappa shape index (κ3) is 2.61. The number of benzene rings is 2. The van der Waals surface area contributed by atoms with Crippen molar-refractivity contribution >= 4 is 33.9 Å². The Hall–Kier alpha value is -2.57. The number of aromatic nitrogens is 1. The predicted molar refractivity (Wildman–Crippen MR) is 90.7 cm³/mol. The van der Waals surface area contributed by atoms with Crippen molar-refractivity contribution in [3.05, 3.63) is 64.3 Å². The van der Waals surface area contributed by atoms with E-state index in [2.05, 4.69) is 42.4 Å². The summed E-state index contributed by atoms with van der Waals surface area (Å²) in [5.74, 6) is 0. The van der Waals surface area contributed by atoms with E-state index < -0.39 is 0 Å². The molecule has 0 fully saturated rings. The van der Waals surface area contributed by atoms with Crippen LogP contribution in [0.25, 0.3) is 10.9 Å². The van der Waals surface area contributed by atoms with Gasteiger partial charge in [0, 0.05) is 22.3 Å². The first kappa shape index (κ1) is 14.4. The Morgan fingerprint density at radius 1 is 1.09 bits per heavy atom. The smallest absolute Gasteiger partial charge is 0.103 e. The maximum atomic E-state index is 9.36. The zero-order valence-corrected chi connectivity index (χ0v) is 13.1. The van der Waals surface area contributed by atoms with E-state index in [1.54, 1.807) is 12.3 Å². The molecule has 108 valence electrons. The van der Waals surface area contributed by atoms with Gasteiger partial charge in [-0.25, -0.2) is 0 Å². The number of halogens is 1. The normalized spacial score (nSPS) is 10.5. The minimum Gasteiger partial charge on any atom is -0.354 e.